The average molecular weight is 166 g/mol. The number of rotatable bonds is 1. The van der Waals surface area contributed by atoms with Crippen molar-refractivity contribution in [3.63, 3.8) is 0 Å². The molecule has 0 amide bonds. The molecule has 0 saturated heterocycles. The van der Waals surface area contributed by atoms with E-state index in [-0.39, 0.29) is 0 Å². The summed E-state index contributed by atoms with van der Waals surface area (Å²) in [6, 6.07) is 0. The van der Waals surface area contributed by atoms with Gasteiger partial charge in [0.15, 0.2) is 5.13 Å². The van der Waals surface area contributed by atoms with Crippen molar-refractivity contribution in [2.24, 2.45) is 0 Å². The molecule has 0 N–H and O–H groups in total. The van der Waals surface area contributed by atoms with Crippen LogP contribution in [0.1, 0.15) is 10.6 Å². The molecule has 0 aromatic carbocycles. The first-order valence-electron chi connectivity index (χ1n) is 3.26. The van der Waals surface area contributed by atoms with Gasteiger partial charge in [-0.1, -0.05) is 17.3 Å². The number of aryl methyl sites for hydroxylation is 1. The normalized spacial score (nSPS) is 9.27. The molecule has 1 aromatic rings. The molecule has 1 rings (SSSR count). The van der Waals surface area contributed by atoms with Crippen molar-refractivity contribution < 1.29 is 0 Å². The van der Waals surface area contributed by atoms with E-state index < -0.39 is 0 Å². The fraction of sp³-hybridized carbons (Fsp3) is 0.375. The number of aromatic nitrogens is 1. The number of hydrogen-bond acceptors (Lipinski definition) is 3. The van der Waals surface area contributed by atoms with Gasteiger partial charge >= 0.3 is 0 Å². The molecule has 58 valence electrons. The summed E-state index contributed by atoms with van der Waals surface area (Å²) in [5.41, 5.74) is 0.946. The molecule has 0 aliphatic carbocycles. The SMILES string of the molecule is C#Cc1sc(N(C)C)nc1C. The van der Waals surface area contributed by atoms with E-state index >= 15 is 0 Å². The zero-order valence-corrected chi connectivity index (χ0v) is 7.70. The van der Waals surface area contributed by atoms with E-state index in [4.69, 9.17) is 6.42 Å². The third kappa shape index (κ3) is 1.52. The van der Waals surface area contributed by atoms with Crippen LogP contribution < -0.4 is 4.90 Å². The van der Waals surface area contributed by atoms with Gasteiger partial charge in [-0.25, -0.2) is 4.98 Å². The van der Waals surface area contributed by atoms with E-state index in [1.54, 1.807) is 11.3 Å². The Labute approximate surface area is 70.9 Å². The van der Waals surface area contributed by atoms with Crippen LogP contribution in [-0.2, 0) is 0 Å². The van der Waals surface area contributed by atoms with Crippen LogP contribution in [-0.4, -0.2) is 19.1 Å². The summed E-state index contributed by atoms with van der Waals surface area (Å²) in [4.78, 5) is 7.16. The number of terminal acetylenes is 1. The van der Waals surface area contributed by atoms with Crippen LogP contribution in [0.15, 0.2) is 0 Å². The molecule has 1 heterocycles. The second-order valence-corrected chi connectivity index (χ2v) is 3.43. The summed E-state index contributed by atoms with van der Waals surface area (Å²) in [5.74, 6) is 2.60. The lowest BCUT2D eigenvalue weighted by atomic mass is 10.4. The minimum absolute atomic E-state index is 0.925. The molecule has 0 saturated carbocycles. The maximum atomic E-state index is 5.27. The molecular formula is C8H10N2S. The van der Waals surface area contributed by atoms with Gasteiger partial charge in [-0.05, 0) is 6.92 Å². The first kappa shape index (κ1) is 8.09. The zero-order valence-electron chi connectivity index (χ0n) is 6.88. The van der Waals surface area contributed by atoms with Crippen molar-refractivity contribution in [2.45, 2.75) is 6.92 Å². The Morgan fingerprint density at radius 1 is 1.55 bits per heavy atom. The monoisotopic (exact) mass is 166 g/mol. The molecule has 0 spiro atoms. The minimum Gasteiger partial charge on any atom is -0.354 e. The lowest BCUT2D eigenvalue weighted by molar-refractivity contribution is 1.09. The van der Waals surface area contributed by atoms with E-state index in [0.717, 1.165) is 15.7 Å². The molecule has 0 aliphatic rings. The van der Waals surface area contributed by atoms with Gasteiger partial charge in [0.25, 0.3) is 0 Å². The summed E-state index contributed by atoms with van der Waals surface area (Å²) in [6.07, 6.45) is 5.27. The second-order valence-electron chi connectivity index (χ2n) is 2.45. The molecule has 0 bridgehead atoms. The van der Waals surface area contributed by atoms with Gasteiger partial charge in [-0.15, -0.1) is 6.42 Å². The predicted octanol–water partition coefficient (Wildman–Crippen LogP) is 1.50. The average Bonchev–Trinajstić information content (AvgIpc) is 2.31. The van der Waals surface area contributed by atoms with Crippen molar-refractivity contribution in [2.75, 3.05) is 19.0 Å². The standard InChI is InChI=1S/C8H10N2S/c1-5-7-6(2)9-8(11-7)10(3)4/h1H,2-4H3. The molecule has 2 nitrogen and oxygen atoms in total. The Morgan fingerprint density at radius 2 is 2.18 bits per heavy atom. The predicted molar refractivity (Wildman–Crippen MR) is 49.1 cm³/mol. The Hall–Kier alpha value is -1.01. The van der Waals surface area contributed by atoms with Crippen LogP contribution in [0.4, 0.5) is 5.13 Å². The first-order valence-corrected chi connectivity index (χ1v) is 4.08. The summed E-state index contributed by atoms with van der Waals surface area (Å²) in [6.45, 7) is 1.93. The molecule has 0 atom stereocenters. The highest BCUT2D eigenvalue weighted by Crippen LogP contribution is 2.22. The van der Waals surface area contributed by atoms with Crippen LogP contribution in [0.3, 0.4) is 0 Å². The van der Waals surface area contributed by atoms with Crippen molar-refractivity contribution in [1.82, 2.24) is 4.98 Å². The minimum atomic E-state index is 0.925. The highest BCUT2D eigenvalue weighted by Gasteiger charge is 2.05. The Balaban J connectivity index is 3.07. The van der Waals surface area contributed by atoms with Crippen LogP contribution in [0.5, 0.6) is 0 Å². The maximum Gasteiger partial charge on any atom is 0.186 e. The van der Waals surface area contributed by atoms with E-state index in [2.05, 4.69) is 10.9 Å². The maximum absolute atomic E-state index is 5.27. The van der Waals surface area contributed by atoms with Gasteiger partial charge in [-0.2, -0.15) is 0 Å². The van der Waals surface area contributed by atoms with Gasteiger partial charge in [0.05, 0.1) is 5.69 Å². The Morgan fingerprint density at radius 3 is 2.45 bits per heavy atom. The third-order valence-corrected chi connectivity index (χ3v) is 2.56. The fourth-order valence-corrected chi connectivity index (χ4v) is 1.51. The smallest absolute Gasteiger partial charge is 0.186 e. The van der Waals surface area contributed by atoms with Crippen molar-refractivity contribution in [3.05, 3.63) is 10.6 Å². The van der Waals surface area contributed by atoms with Crippen LogP contribution >= 0.6 is 11.3 Å². The van der Waals surface area contributed by atoms with Crippen LogP contribution in [0, 0.1) is 19.3 Å². The molecule has 0 unspecified atom stereocenters. The molecule has 0 aliphatic heterocycles. The Kier molecular flexibility index (Phi) is 2.16. The molecule has 0 fully saturated rings. The number of nitrogens with zero attached hydrogens (tertiary/aromatic N) is 2. The molecule has 3 heteroatoms. The van der Waals surface area contributed by atoms with E-state index in [1.807, 2.05) is 25.9 Å². The van der Waals surface area contributed by atoms with Gasteiger partial charge in [0, 0.05) is 14.1 Å². The van der Waals surface area contributed by atoms with Crippen LogP contribution in [0.25, 0.3) is 0 Å². The summed E-state index contributed by atoms with van der Waals surface area (Å²) < 4.78 is 0. The number of hydrogen-bond donors (Lipinski definition) is 0. The van der Waals surface area contributed by atoms with E-state index in [1.165, 1.54) is 0 Å². The third-order valence-electron chi connectivity index (χ3n) is 1.30. The molecular weight excluding hydrogens is 156 g/mol. The van der Waals surface area contributed by atoms with Gasteiger partial charge in [0.1, 0.15) is 4.88 Å². The first-order chi connectivity index (χ1) is 5.15. The molecule has 0 radical (unpaired) electrons. The fourth-order valence-electron chi connectivity index (χ4n) is 0.707. The summed E-state index contributed by atoms with van der Waals surface area (Å²) in [5, 5.41) is 0.968. The van der Waals surface area contributed by atoms with E-state index in [9.17, 15) is 0 Å². The van der Waals surface area contributed by atoms with Crippen LogP contribution in [0.2, 0.25) is 0 Å². The van der Waals surface area contributed by atoms with Gasteiger partial charge < -0.3 is 4.90 Å². The lowest BCUT2D eigenvalue weighted by Gasteiger charge is -2.04. The van der Waals surface area contributed by atoms with Crippen molar-refractivity contribution in [1.29, 1.82) is 0 Å². The quantitative estimate of drug-likeness (QED) is 0.588. The topological polar surface area (TPSA) is 16.1 Å². The number of anilines is 1. The Bertz CT molecular complexity index is 294. The van der Waals surface area contributed by atoms with Gasteiger partial charge in [0.2, 0.25) is 0 Å². The van der Waals surface area contributed by atoms with E-state index in [0.29, 0.717) is 0 Å². The summed E-state index contributed by atoms with van der Waals surface area (Å²) in [7, 11) is 3.91. The lowest BCUT2D eigenvalue weighted by Crippen LogP contribution is -2.07. The largest absolute Gasteiger partial charge is 0.354 e. The molecule has 1 aromatic heterocycles. The second kappa shape index (κ2) is 2.93. The number of thiazole rings is 1. The highest BCUT2D eigenvalue weighted by atomic mass is 32.1. The van der Waals surface area contributed by atoms with Crippen molar-refractivity contribution >= 4 is 16.5 Å². The summed E-state index contributed by atoms with van der Waals surface area (Å²) >= 11 is 1.55. The van der Waals surface area contributed by atoms with Crippen molar-refractivity contribution in [3.8, 4) is 12.3 Å². The molecule has 11 heavy (non-hydrogen) atoms. The highest BCUT2D eigenvalue weighted by molar-refractivity contribution is 7.16. The zero-order chi connectivity index (χ0) is 8.43. The van der Waals surface area contributed by atoms with Gasteiger partial charge in [-0.3, -0.25) is 0 Å².